The molecule has 0 aromatic carbocycles. The number of carbonyl (C=O) groups excluding carboxylic acids is 2. The number of piperidine rings is 3. The van der Waals surface area contributed by atoms with Crippen LogP contribution in [0.2, 0.25) is 0 Å². The van der Waals surface area contributed by atoms with Gasteiger partial charge in [-0.05, 0) is 25.0 Å². The number of hydrogen-bond donors (Lipinski definition) is 2. The van der Waals surface area contributed by atoms with E-state index in [-0.39, 0.29) is 59.1 Å². The van der Waals surface area contributed by atoms with Crippen LogP contribution in [0, 0.1) is 11.8 Å². The highest BCUT2D eigenvalue weighted by atomic mass is 79.9. The maximum absolute atomic E-state index is 13.5. The van der Waals surface area contributed by atoms with Crippen LogP contribution in [0.4, 0.5) is 5.95 Å². The maximum atomic E-state index is 13.5. The minimum Gasteiger partial charge on any atom is -1.00 e. The summed E-state index contributed by atoms with van der Waals surface area (Å²) in [4.78, 5) is 37.9. The Morgan fingerprint density at radius 3 is 2.51 bits per heavy atom. The van der Waals surface area contributed by atoms with Crippen molar-refractivity contribution in [3.63, 3.8) is 0 Å². The van der Waals surface area contributed by atoms with Gasteiger partial charge in [0.15, 0.2) is 12.6 Å². The Morgan fingerprint density at radius 1 is 1.14 bits per heavy atom. The number of quaternary nitrogens is 1. The predicted octanol–water partition coefficient (Wildman–Crippen LogP) is -0.973. The fourth-order valence-corrected chi connectivity index (χ4v) is 6.06. The quantitative estimate of drug-likeness (QED) is 0.333. The average Bonchev–Trinajstić information content (AvgIpc) is 3.40. The number of hydrogen-bond acceptors (Lipinski definition) is 8. The second kappa shape index (κ2) is 10.7. The molecule has 1 aliphatic carbocycles. The number of halogens is 1. The Bertz CT molecular complexity index is 993. The molecule has 2 aromatic heterocycles. The van der Waals surface area contributed by atoms with Crippen LogP contribution >= 0.6 is 0 Å². The van der Waals surface area contributed by atoms with Crippen LogP contribution in [0.3, 0.4) is 0 Å². The van der Waals surface area contributed by atoms with Gasteiger partial charge in [-0.3, -0.25) is 10.1 Å². The highest BCUT2D eigenvalue weighted by Crippen LogP contribution is 2.42. The monoisotopic (exact) mass is 549 g/mol. The van der Waals surface area contributed by atoms with E-state index in [0.717, 1.165) is 58.0 Å². The zero-order valence-electron chi connectivity index (χ0n) is 19.6. The van der Waals surface area contributed by atoms with Gasteiger partial charge in [0.1, 0.15) is 25.0 Å². The Labute approximate surface area is 214 Å². The summed E-state index contributed by atoms with van der Waals surface area (Å²) in [7, 11) is 0. The third kappa shape index (κ3) is 5.26. The van der Waals surface area contributed by atoms with Crippen LogP contribution in [0.1, 0.15) is 50.7 Å². The van der Waals surface area contributed by atoms with Gasteiger partial charge in [0.2, 0.25) is 11.5 Å². The summed E-state index contributed by atoms with van der Waals surface area (Å²) < 4.78 is 12.1. The summed E-state index contributed by atoms with van der Waals surface area (Å²) in [6, 6.07) is 3.35. The van der Waals surface area contributed by atoms with Crippen molar-refractivity contribution < 1.29 is 45.3 Å². The molecular formula is C24H32BrN5O5. The molecular weight excluding hydrogens is 518 g/mol. The zero-order valence-corrected chi connectivity index (χ0v) is 21.2. The lowest BCUT2D eigenvalue weighted by atomic mass is 9.75. The van der Waals surface area contributed by atoms with Crippen molar-refractivity contribution in [1.29, 1.82) is 0 Å². The molecule has 0 radical (unpaired) electrons. The van der Waals surface area contributed by atoms with Crippen molar-refractivity contribution in [1.82, 2.24) is 15.0 Å². The van der Waals surface area contributed by atoms with E-state index in [4.69, 9.17) is 9.15 Å². The lowest BCUT2D eigenvalue weighted by Gasteiger charge is -2.51. The molecule has 2 aromatic rings. The van der Waals surface area contributed by atoms with E-state index in [2.05, 4.69) is 20.3 Å². The molecule has 2 bridgehead atoms. The first-order chi connectivity index (χ1) is 16.5. The van der Waals surface area contributed by atoms with Gasteiger partial charge < -0.3 is 35.7 Å². The van der Waals surface area contributed by atoms with E-state index in [1.54, 1.807) is 12.1 Å². The van der Waals surface area contributed by atoms with Gasteiger partial charge in [-0.2, -0.15) is 0 Å². The molecule has 4 aliphatic rings. The molecule has 4 fully saturated rings. The van der Waals surface area contributed by atoms with E-state index >= 15 is 0 Å². The topological polar surface area (TPSA) is 127 Å². The van der Waals surface area contributed by atoms with Crippen LogP contribution < -0.4 is 22.3 Å². The maximum Gasteiger partial charge on any atom is 0.346 e. The van der Waals surface area contributed by atoms with E-state index in [1.807, 2.05) is 0 Å². The predicted molar refractivity (Wildman–Crippen MR) is 120 cm³/mol. The van der Waals surface area contributed by atoms with Crippen LogP contribution in [-0.4, -0.2) is 68.7 Å². The number of aromatic nitrogens is 3. The number of esters is 1. The highest BCUT2D eigenvalue weighted by Gasteiger charge is 2.54. The SMILES string of the molecule is O=C(C[N+]12CCC(CC1)C(OC(=O)[C@](O)(c1ccco1)C1CCCCC1)C2)Nc1ncncn1.[Br-]. The van der Waals surface area contributed by atoms with Gasteiger partial charge >= 0.3 is 5.97 Å². The molecule has 3 aliphatic heterocycles. The van der Waals surface area contributed by atoms with E-state index in [0.29, 0.717) is 11.0 Å². The van der Waals surface area contributed by atoms with E-state index in [1.165, 1.54) is 18.9 Å². The van der Waals surface area contributed by atoms with Gasteiger partial charge in [0.05, 0.1) is 19.4 Å². The minimum atomic E-state index is -1.78. The molecule has 10 nitrogen and oxygen atoms in total. The second-order valence-electron chi connectivity index (χ2n) is 10.00. The van der Waals surface area contributed by atoms with Crippen molar-refractivity contribution in [2.75, 3.05) is 31.5 Å². The number of nitrogens with zero attached hydrogens (tertiary/aromatic N) is 4. The van der Waals surface area contributed by atoms with Crippen molar-refractivity contribution in [2.24, 2.45) is 11.8 Å². The molecule has 190 valence electrons. The smallest absolute Gasteiger partial charge is 0.346 e. The van der Waals surface area contributed by atoms with Crippen LogP contribution in [-0.2, 0) is 19.9 Å². The third-order valence-electron chi connectivity index (χ3n) is 7.93. The third-order valence-corrected chi connectivity index (χ3v) is 7.93. The molecule has 0 spiro atoms. The first kappa shape index (κ1) is 25.7. The standard InChI is InChI=1S/C24H31N5O5.BrH/c30-21(28-23-26-15-25-16-27-23)14-29-10-8-17(9-11-29)19(13-29)34-22(31)24(32,20-7-4-12-33-20)18-5-2-1-3-6-18;/h4,7,12,15-19,32H,1-3,5-6,8-11,13-14H2;1H/t17?,19?,24-,29?;/m1./s1. The number of fused-ring (bicyclic) bond motifs is 3. The number of rotatable bonds is 7. The van der Waals surface area contributed by atoms with Crippen LogP contribution in [0.25, 0.3) is 0 Å². The van der Waals surface area contributed by atoms with Crippen molar-refractivity contribution in [3.05, 3.63) is 36.8 Å². The minimum absolute atomic E-state index is 0. The Kier molecular flexibility index (Phi) is 7.87. The van der Waals surface area contributed by atoms with E-state index in [9.17, 15) is 14.7 Å². The van der Waals surface area contributed by atoms with Gasteiger partial charge in [-0.25, -0.2) is 19.7 Å². The number of aliphatic hydroxyl groups is 1. The second-order valence-corrected chi connectivity index (χ2v) is 10.00. The number of carbonyl (C=O) groups is 2. The molecule has 3 saturated heterocycles. The number of amides is 1. The zero-order chi connectivity index (χ0) is 23.6. The fraction of sp³-hybridized carbons (Fsp3) is 0.625. The first-order valence-corrected chi connectivity index (χ1v) is 12.2. The van der Waals surface area contributed by atoms with Crippen molar-refractivity contribution in [2.45, 2.75) is 56.7 Å². The lowest BCUT2D eigenvalue weighted by Crippen LogP contribution is -3.00. The molecule has 35 heavy (non-hydrogen) atoms. The highest BCUT2D eigenvalue weighted by molar-refractivity contribution is 5.89. The summed E-state index contributed by atoms with van der Waals surface area (Å²) in [6.07, 6.45) is 10.1. The molecule has 1 amide bonds. The number of anilines is 1. The normalized spacial score (nSPS) is 27.9. The van der Waals surface area contributed by atoms with E-state index < -0.39 is 11.6 Å². The molecule has 1 unspecified atom stereocenters. The van der Waals surface area contributed by atoms with Crippen LogP contribution in [0.15, 0.2) is 35.5 Å². The summed E-state index contributed by atoms with van der Waals surface area (Å²) >= 11 is 0. The molecule has 2 atom stereocenters. The first-order valence-electron chi connectivity index (χ1n) is 12.2. The average molecular weight is 550 g/mol. The summed E-state index contributed by atoms with van der Waals surface area (Å²) in [6.45, 7) is 2.53. The molecule has 1 saturated carbocycles. The van der Waals surface area contributed by atoms with Gasteiger partial charge in [-0.1, -0.05) is 19.3 Å². The molecule has 5 heterocycles. The Morgan fingerprint density at radius 2 is 1.86 bits per heavy atom. The van der Waals surface area contributed by atoms with Gasteiger partial charge in [-0.15, -0.1) is 0 Å². The summed E-state index contributed by atoms with van der Waals surface area (Å²) in [5.74, 6) is -0.305. The van der Waals surface area contributed by atoms with Crippen molar-refractivity contribution >= 4 is 17.8 Å². The Hall–Kier alpha value is -2.37. The number of furan rings is 1. The van der Waals surface area contributed by atoms with Gasteiger partial charge in [0.25, 0.3) is 5.91 Å². The summed E-state index contributed by atoms with van der Waals surface area (Å²) in [5.41, 5.74) is -1.78. The fourth-order valence-electron chi connectivity index (χ4n) is 6.06. The van der Waals surface area contributed by atoms with Crippen LogP contribution in [0.5, 0.6) is 0 Å². The molecule has 11 heteroatoms. The number of nitrogens with one attached hydrogen (secondary N) is 1. The molecule has 2 N–H and O–H groups in total. The van der Waals surface area contributed by atoms with Crippen molar-refractivity contribution in [3.8, 4) is 0 Å². The van der Waals surface area contributed by atoms with Gasteiger partial charge in [0, 0.05) is 24.7 Å². The number of ether oxygens (including phenoxy) is 1. The lowest BCUT2D eigenvalue weighted by molar-refractivity contribution is -0.939. The largest absolute Gasteiger partial charge is 1.00 e. The molecule has 6 rings (SSSR count). The summed E-state index contributed by atoms with van der Waals surface area (Å²) in [5, 5.41) is 14.4. The Balaban J connectivity index is 0.00000289.